The topological polar surface area (TPSA) is 67.4 Å². The number of benzene rings is 2. The maximum atomic E-state index is 13.5. The molecule has 2 amide bonds. The number of aryl methyl sites for hydroxylation is 3. The Kier molecular flexibility index (Phi) is 6.72. The van der Waals surface area contributed by atoms with Gasteiger partial charge in [-0.2, -0.15) is 0 Å². The quantitative estimate of drug-likeness (QED) is 0.748. The molecule has 0 heterocycles. The summed E-state index contributed by atoms with van der Waals surface area (Å²) >= 11 is 0. The smallest absolute Gasteiger partial charge is 0.258 e. The van der Waals surface area contributed by atoms with Crippen molar-refractivity contribution in [1.82, 2.24) is 10.6 Å². The van der Waals surface area contributed by atoms with Crippen molar-refractivity contribution in [1.29, 1.82) is 0 Å². The molecule has 0 aliphatic rings. The molecule has 6 heteroatoms. The van der Waals surface area contributed by atoms with Crippen molar-refractivity contribution in [3.05, 3.63) is 64.5 Å². The van der Waals surface area contributed by atoms with E-state index < -0.39 is 5.82 Å². The van der Waals surface area contributed by atoms with Gasteiger partial charge in [-0.1, -0.05) is 24.3 Å². The second-order valence-corrected chi connectivity index (χ2v) is 6.08. The van der Waals surface area contributed by atoms with Crippen molar-refractivity contribution < 1.29 is 18.7 Å². The van der Waals surface area contributed by atoms with E-state index >= 15 is 0 Å². The molecule has 2 aromatic rings. The molecule has 138 valence electrons. The summed E-state index contributed by atoms with van der Waals surface area (Å²) in [5.41, 5.74) is 2.67. The summed E-state index contributed by atoms with van der Waals surface area (Å²) in [5, 5.41) is 5.30. The van der Waals surface area contributed by atoms with Crippen LogP contribution in [0.2, 0.25) is 0 Å². The molecule has 0 aromatic heterocycles. The molecular weight excluding hydrogens is 335 g/mol. The summed E-state index contributed by atoms with van der Waals surface area (Å²) in [5.74, 6) is -0.375. The minimum atomic E-state index is -0.422. The van der Waals surface area contributed by atoms with Crippen LogP contribution in [-0.2, 0) is 4.79 Å². The normalized spacial score (nSPS) is 10.3. The highest BCUT2D eigenvalue weighted by atomic mass is 19.1. The molecule has 0 saturated carbocycles. The fourth-order valence-electron chi connectivity index (χ4n) is 2.43. The Balaban J connectivity index is 1.71. The maximum Gasteiger partial charge on any atom is 0.258 e. The van der Waals surface area contributed by atoms with E-state index in [0.29, 0.717) is 11.3 Å². The van der Waals surface area contributed by atoms with E-state index in [1.54, 1.807) is 19.1 Å². The standard InChI is InChI=1S/C20H23FN2O3/c1-13-7-8-16(11-17(13)21)20(25)23-10-9-22-18(24)12-26-19-14(2)5-4-6-15(19)3/h4-8,11H,9-10,12H2,1-3H3,(H,22,24)(H,23,25). The number of nitrogens with one attached hydrogen (secondary N) is 2. The number of halogens is 1. The van der Waals surface area contributed by atoms with Crippen molar-refractivity contribution in [3.63, 3.8) is 0 Å². The molecule has 0 radical (unpaired) electrons. The van der Waals surface area contributed by atoms with Gasteiger partial charge < -0.3 is 15.4 Å². The van der Waals surface area contributed by atoms with Gasteiger partial charge in [0.15, 0.2) is 6.61 Å². The Hall–Kier alpha value is -2.89. The Morgan fingerprint density at radius 2 is 1.62 bits per heavy atom. The first kappa shape index (κ1) is 19.4. The molecule has 0 bridgehead atoms. The highest BCUT2D eigenvalue weighted by molar-refractivity contribution is 5.94. The van der Waals surface area contributed by atoms with Crippen molar-refractivity contribution in [2.75, 3.05) is 19.7 Å². The van der Waals surface area contributed by atoms with Crippen LogP contribution >= 0.6 is 0 Å². The predicted octanol–water partition coefficient (Wildman–Crippen LogP) is 2.68. The van der Waals surface area contributed by atoms with Crippen LogP contribution in [0, 0.1) is 26.6 Å². The zero-order chi connectivity index (χ0) is 19.1. The lowest BCUT2D eigenvalue weighted by Gasteiger charge is -2.12. The van der Waals surface area contributed by atoms with Crippen LogP contribution in [0.4, 0.5) is 4.39 Å². The van der Waals surface area contributed by atoms with Crippen molar-refractivity contribution >= 4 is 11.8 Å². The molecule has 0 atom stereocenters. The summed E-state index contributed by atoms with van der Waals surface area (Å²) < 4.78 is 19.0. The fourth-order valence-corrected chi connectivity index (χ4v) is 2.43. The van der Waals surface area contributed by atoms with Crippen LogP contribution in [0.5, 0.6) is 5.75 Å². The largest absolute Gasteiger partial charge is 0.483 e. The number of rotatable bonds is 7. The number of carbonyl (C=O) groups is 2. The molecule has 26 heavy (non-hydrogen) atoms. The average Bonchev–Trinajstić information content (AvgIpc) is 2.60. The Morgan fingerprint density at radius 1 is 0.962 bits per heavy atom. The molecule has 0 aliphatic carbocycles. The molecule has 2 rings (SSSR count). The van der Waals surface area contributed by atoms with Crippen molar-refractivity contribution in [2.24, 2.45) is 0 Å². The molecule has 0 saturated heterocycles. The first-order valence-corrected chi connectivity index (χ1v) is 8.38. The number of para-hydroxylation sites is 1. The summed E-state index contributed by atoms with van der Waals surface area (Å²) in [6.07, 6.45) is 0. The van der Waals surface area contributed by atoms with Crippen LogP contribution in [0.1, 0.15) is 27.0 Å². The van der Waals surface area contributed by atoms with E-state index in [1.807, 2.05) is 32.0 Å². The summed E-state index contributed by atoms with van der Waals surface area (Å²) in [6.45, 7) is 5.88. The number of carbonyl (C=O) groups excluding carboxylic acids is 2. The molecule has 0 aliphatic heterocycles. The van der Waals surface area contributed by atoms with Gasteiger partial charge in [-0.15, -0.1) is 0 Å². The maximum absolute atomic E-state index is 13.5. The zero-order valence-electron chi connectivity index (χ0n) is 15.2. The second kappa shape index (κ2) is 8.99. The van der Waals surface area contributed by atoms with E-state index in [4.69, 9.17) is 4.74 Å². The minimum Gasteiger partial charge on any atom is -0.483 e. The molecule has 0 fully saturated rings. The summed E-state index contributed by atoms with van der Waals surface area (Å²) in [7, 11) is 0. The summed E-state index contributed by atoms with van der Waals surface area (Å²) in [4.78, 5) is 23.8. The third-order valence-electron chi connectivity index (χ3n) is 3.92. The third kappa shape index (κ3) is 5.31. The minimum absolute atomic E-state index is 0.0944. The first-order chi connectivity index (χ1) is 12.4. The van der Waals surface area contributed by atoms with E-state index in [2.05, 4.69) is 10.6 Å². The Bertz CT molecular complexity index is 785. The number of hydrogen-bond acceptors (Lipinski definition) is 3. The molecule has 2 aromatic carbocycles. The lowest BCUT2D eigenvalue weighted by Crippen LogP contribution is -2.36. The number of hydrogen-bond donors (Lipinski definition) is 2. The van der Waals surface area contributed by atoms with E-state index in [0.717, 1.165) is 11.1 Å². The van der Waals surface area contributed by atoms with Crippen molar-refractivity contribution in [2.45, 2.75) is 20.8 Å². The van der Waals surface area contributed by atoms with Crippen LogP contribution < -0.4 is 15.4 Å². The van der Waals surface area contributed by atoms with Crippen molar-refractivity contribution in [3.8, 4) is 5.75 Å². The van der Waals surface area contributed by atoms with Gasteiger partial charge >= 0.3 is 0 Å². The molecule has 2 N–H and O–H groups in total. The molecular formula is C20H23FN2O3. The highest BCUT2D eigenvalue weighted by Crippen LogP contribution is 2.21. The monoisotopic (exact) mass is 358 g/mol. The molecule has 0 spiro atoms. The number of amides is 2. The van der Waals surface area contributed by atoms with Gasteiger partial charge in [-0.25, -0.2) is 4.39 Å². The first-order valence-electron chi connectivity index (χ1n) is 8.38. The van der Waals surface area contributed by atoms with Gasteiger partial charge in [0.05, 0.1) is 0 Å². The molecule has 5 nitrogen and oxygen atoms in total. The van der Waals surface area contributed by atoms with E-state index in [-0.39, 0.29) is 37.1 Å². The van der Waals surface area contributed by atoms with Gasteiger partial charge in [-0.3, -0.25) is 9.59 Å². The lowest BCUT2D eigenvalue weighted by molar-refractivity contribution is -0.123. The van der Waals surface area contributed by atoms with Gasteiger partial charge in [0.1, 0.15) is 11.6 Å². The van der Waals surface area contributed by atoms with E-state index in [9.17, 15) is 14.0 Å². The Morgan fingerprint density at radius 3 is 2.27 bits per heavy atom. The molecule has 0 unspecified atom stereocenters. The lowest BCUT2D eigenvalue weighted by atomic mass is 10.1. The average molecular weight is 358 g/mol. The predicted molar refractivity (Wildman–Crippen MR) is 97.9 cm³/mol. The van der Waals surface area contributed by atoms with Gasteiger partial charge in [0.2, 0.25) is 0 Å². The fraction of sp³-hybridized carbons (Fsp3) is 0.300. The van der Waals surface area contributed by atoms with Gasteiger partial charge in [0, 0.05) is 18.7 Å². The SMILES string of the molecule is Cc1ccc(C(=O)NCCNC(=O)COc2c(C)cccc2C)cc1F. The number of ether oxygens (including phenoxy) is 1. The van der Waals surface area contributed by atoms with Gasteiger partial charge in [-0.05, 0) is 49.6 Å². The second-order valence-electron chi connectivity index (χ2n) is 6.08. The Labute approximate surface area is 152 Å². The summed E-state index contributed by atoms with van der Waals surface area (Å²) in [6, 6.07) is 10.1. The van der Waals surface area contributed by atoms with Crippen LogP contribution in [0.25, 0.3) is 0 Å². The van der Waals surface area contributed by atoms with Crippen LogP contribution in [0.15, 0.2) is 36.4 Å². The highest BCUT2D eigenvalue weighted by Gasteiger charge is 2.09. The third-order valence-corrected chi connectivity index (χ3v) is 3.92. The zero-order valence-corrected chi connectivity index (χ0v) is 15.2. The van der Waals surface area contributed by atoms with Crippen LogP contribution in [-0.4, -0.2) is 31.5 Å². The van der Waals surface area contributed by atoms with E-state index in [1.165, 1.54) is 6.07 Å². The van der Waals surface area contributed by atoms with Gasteiger partial charge in [0.25, 0.3) is 11.8 Å². The van der Waals surface area contributed by atoms with Crippen LogP contribution in [0.3, 0.4) is 0 Å².